The standard InChI is InChI=1S/C21H19NO4/c1-11-18(21(24)25)20-15(22(11)2)8-9-17(26-3)19(20)14-10-16(23)13-7-5-4-6-12(13)14/h4-10,16,23H,1-3H3,(H,24,25). The number of hydrogen-bond donors (Lipinski definition) is 2. The first-order valence-corrected chi connectivity index (χ1v) is 8.34. The average molecular weight is 349 g/mol. The monoisotopic (exact) mass is 349 g/mol. The molecule has 5 heteroatoms. The number of methoxy groups -OCH3 is 1. The van der Waals surface area contributed by atoms with Gasteiger partial charge in [-0.15, -0.1) is 0 Å². The molecule has 5 nitrogen and oxygen atoms in total. The van der Waals surface area contributed by atoms with Gasteiger partial charge in [0, 0.05) is 29.2 Å². The van der Waals surface area contributed by atoms with Crippen molar-refractivity contribution in [3.63, 3.8) is 0 Å². The van der Waals surface area contributed by atoms with Crippen LogP contribution in [0.3, 0.4) is 0 Å². The van der Waals surface area contributed by atoms with Crippen LogP contribution < -0.4 is 4.74 Å². The van der Waals surface area contributed by atoms with Gasteiger partial charge in [-0.05, 0) is 41.8 Å². The van der Waals surface area contributed by atoms with Crippen LogP contribution in [0.5, 0.6) is 5.75 Å². The van der Waals surface area contributed by atoms with Crippen LogP contribution in [-0.4, -0.2) is 27.9 Å². The second-order valence-corrected chi connectivity index (χ2v) is 6.47. The number of aromatic nitrogens is 1. The minimum Gasteiger partial charge on any atom is -0.496 e. The van der Waals surface area contributed by atoms with E-state index in [0.29, 0.717) is 22.4 Å². The highest BCUT2D eigenvalue weighted by Crippen LogP contribution is 2.45. The van der Waals surface area contributed by atoms with Crippen molar-refractivity contribution in [3.8, 4) is 5.75 Å². The second-order valence-electron chi connectivity index (χ2n) is 6.47. The Bertz CT molecular complexity index is 1090. The highest BCUT2D eigenvalue weighted by atomic mass is 16.5. The van der Waals surface area contributed by atoms with E-state index >= 15 is 0 Å². The fourth-order valence-electron chi connectivity index (χ4n) is 3.89. The van der Waals surface area contributed by atoms with E-state index in [0.717, 1.165) is 22.2 Å². The molecule has 2 N–H and O–H groups in total. The highest BCUT2D eigenvalue weighted by Gasteiger charge is 2.29. The number of hydrogen-bond acceptors (Lipinski definition) is 3. The van der Waals surface area contributed by atoms with Crippen molar-refractivity contribution in [2.75, 3.05) is 7.11 Å². The highest BCUT2D eigenvalue weighted by molar-refractivity contribution is 6.12. The molecule has 1 aromatic heterocycles. The first-order chi connectivity index (χ1) is 12.5. The van der Waals surface area contributed by atoms with Gasteiger partial charge in [-0.1, -0.05) is 24.3 Å². The lowest BCUT2D eigenvalue weighted by molar-refractivity contribution is 0.0698. The van der Waals surface area contributed by atoms with E-state index in [1.807, 2.05) is 48.0 Å². The van der Waals surface area contributed by atoms with Crippen LogP contribution in [-0.2, 0) is 7.05 Å². The molecule has 4 rings (SSSR count). The van der Waals surface area contributed by atoms with Crippen LogP contribution >= 0.6 is 0 Å². The molecule has 0 aliphatic heterocycles. The number of aliphatic hydroxyl groups excluding tert-OH is 1. The Balaban J connectivity index is 2.15. The van der Waals surface area contributed by atoms with E-state index in [2.05, 4.69) is 0 Å². The molecule has 26 heavy (non-hydrogen) atoms. The number of carboxylic acid groups (broad SMARTS) is 1. The molecule has 1 atom stereocenters. The zero-order valence-electron chi connectivity index (χ0n) is 14.8. The number of rotatable bonds is 3. The van der Waals surface area contributed by atoms with Gasteiger partial charge in [-0.3, -0.25) is 0 Å². The smallest absolute Gasteiger partial charge is 0.338 e. The normalized spacial score (nSPS) is 15.8. The fourth-order valence-corrected chi connectivity index (χ4v) is 3.89. The Morgan fingerprint density at radius 1 is 1.19 bits per heavy atom. The maximum Gasteiger partial charge on any atom is 0.338 e. The molecule has 0 saturated carbocycles. The molecule has 0 fully saturated rings. The van der Waals surface area contributed by atoms with Crippen LogP contribution in [0.15, 0.2) is 42.5 Å². The number of benzene rings is 2. The minimum absolute atomic E-state index is 0.260. The van der Waals surface area contributed by atoms with Gasteiger partial charge in [0.1, 0.15) is 5.75 Å². The van der Waals surface area contributed by atoms with Crippen molar-refractivity contribution in [3.05, 3.63) is 70.4 Å². The average Bonchev–Trinajstić information content (AvgIpc) is 3.09. The quantitative estimate of drug-likeness (QED) is 0.757. The largest absolute Gasteiger partial charge is 0.496 e. The van der Waals surface area contributed by atoms with Crippen LogP contribution in [0.1, 0.15) is 38.8 Å². The van der Waals surface area contributed by atoms with E-state index in [1.54, 1.807) is 20.1 Å². The number of ether oxygens (including phenoxy) is 1. The lowest BCUT2D eigenvalue weighted by atomic mass is 9.93. The first kappa shape index (κ1) is 16.4. The van der Waals surface area contributed by atoms with Crippen molar-refractivity contribution in [1.82, 2.24) is 4.57 Å². The fraction of sp³-hybridized carbons (Fsp3) is 0.190. The molecule has 0 amide bonds. The summed E-state index contributed by atoms with van der Waals surface area (Å²) in [6, 6.07) is 11.3. The Kier molecular flexibility index (Phi) is 3.63. The predicted octanol–water partition coefficient (Wildman–Crippen LogP) is 3.67. The summed E-state index contributed by atoms with van der Waals surface area (Å²) in [6.07, 6.45) is 1.04. The zero-order valence-corrected chi connectivity index (χ0v) is 14.8. The third kappa shape index (κ3) is 2.10. The molecule has 1 unspecified atom stereocenters. The van der Waals surface area contributed by atoms with Gasteiger partial charge >= 0.3 is 5.97 Å². The molecule has 0 bridgehead atoms. The summed E-state index contributed by atoms with van der Waals surface area (Å²) in [7, 11) is 3.42. The summed E-state index contributed by atoms with van der Waals surface area (Å²) in [5.41, 5.74) is 4.95. The van der Waals surface area contributed by atoms with Gasteiger partial charge in [-0.2, -0.15) is 0 Å². The molecular formula is C21H19NO4. The number of aromatic carboxylic acids is 1. The Morgan fingerprint density at radius 2 is 1.92 bits per heavy atom. The molecule has 0 saturated heterocycles. The molecule has 1 heterocycles. The molecule has 132 valence electrons. The number of carbonyl (C=O) groups is 1. The predicted molar refractivity (Wildman–Crippen MR) is 99.6 cm³/mol. The number of aryl methyl sites for hydroxylation is 1. The Labute approximate surface area is 150 Å². The summed E-state index contributed by atoms with van der Waals surface area (Å²) >= 11 is 0. The second kappa shape index (κ2) is 5.75. The lowest BCUT2D eigenvalue weighted by Gasteiger charge is -2.14. The summed E-state index contributed by atoms with van der Waals surface area (Å²) in [4.78, 5) is 12.0. The third-order valence-corrected chi connectivity index (χ3v) is 5.22. The van der Waals surface area contributed by atoms with E-state index in [1.165, 1.54) is 0 Å². The topological polar surface area (TPSA) is 71.7 Å². The Hall–Kier alpha value is -3.05. The summed E-state index contributed by atoms with van der Waals surface area (Å²) in [5, 5.41) is 20.9. The van der Waals surface area contributed by atoms with Gasteiger partial charge in [0.15, 0.2) is 0 Å². The van der Waals surface area contributed by atoms with Crippen molar-refractivity contribution in [2.45, 2.75) is 13.0 Å². The van der Waals surface area contributed by atoms with Gasteiger partial charge in [0.05, 0.1) is 18.8 Å². The Morgan fingerprint density at radius 3 is 2.62 bits per heavy atom. The van der Waals surface area contributed by atoms with Crippen molar-refractivity contribution in [2.24, 2.45) is 7.05 Å². The van der Waals surface area contributed by atoms with Crippen molar-refractivity contribution >= 4 is 22.4 Å². The van der Waals surface area contributed by atoms with Crippen LogP contribution in [0.2, 0.25) is 0 Å². The molecule has 1 aliphatic rings. The van der Waals surface area contributed by atoms with E-state index < -0.39 is 12.1 Å². The zero-order chi connectivity index (χ0) is 18.6. The summed E-state index contributed by atoms with van der Waals surface area (Å²) in [5.74, 6) is -0.393. The molecule has 0 radical (unpaired) electrons. The molecular weight excluding hydrogens is 330 g/mol. The maximum absolute atomic E-state index is 12.0. The maximum atomic E-state index is 12.0. The lowest BCUT2D eigenvalue weighted by Crippen LogP contribution is -2.01. The number of nitrogens with zero attached hydrogens (tertiary/aromatic N) is 1. The molecule has 1 aliphatic carbocycles. The minimum atomic E-state index is -0.977. The van der Waals surface area contributed by atoms with Gasteiger partial charge in [0.2, 0.25) is 0 Å². The van der Waals surface area contributed by atoms with E-state index in [4.69, 9.17) is 4.74 Å². The molecule has 0 spiro atoms. The van der Waals surface area contributed by atoms with Crippen molar-refractivity contribution < 1.29 is 19.7 Å². The molecule has 2 aromatic carbocycles. The summed E-state index contributed by atoms with van der Waals surface area (Å²) in [6.45, 7) is 1.80. The van der Waals surface area contributed by atoms with Crippen LogP contribution in [0.4, 0.5) is 0 Å². The van der Waals surface area contributed by atoms with Crippen molar-refractivity contribution in [1.29, 1.82) is 0 Å². The number of aliphatic hydroxyl groups is 1. The van der Waals surface area contributed by atoms with E-state index in [-0.39, 0.29) is 5.56 Å². The van der Waals surface area contributed by atoms with Gasteiger partial charge < -0.3 is 19.5 Å². The van der Waals surface area contributed by atoms with E-state index in [9.17, 15) is 15.0 Å². The van der Waals surface area contributed by atoms with Crippen LogP contribution in [0.25, 0.3) is 16.5 Å². The third-order valence-electron chi connectivity index (χ3n) is 5.22. The summed E-state index contributed by atoms with van der Waals surface area (Å²) < 4.78 is 7.45. The molecule has 3 aromatic rings. The van der Waals surface area contributed by atoms with Gasteiger partial charge in [-0.25, -0.2) is 4.79 Å². The number of carboxylic acids is 1. The number of fused-ring (bicyclic) bond motifs is 2. The first-order valence-electron chi connectivity index (χ1n) is 8.34. The van der Waals surface area contributed by atoms with Crippen LogP contribution in [0, 0.1) is 6.92 Å². The van der Waals surface area contributed by atoms with Gasteiger partial charge in [0.25, 0.3) is 0 Å². The SMILES string of the molecule is COc1ccc2c(c1C1=CC(O)c3ccccc31)c(C(=O)O)c(C)n2C.